The largest absolute Gasteiger partial charge is 0.478 e. The lowest BCUT2D eigenvalue weighted by Gasteiger charge is -2.15. The minimum Gasteiger partial charge on any atom is -0.478 e. The number of aromatic nitrogens is 2. The summed E-state index contributed by atoms with van der Waals surface area (Å²) in [5, 5.41) is 14.0. The minimum atomic E-state index is -1.02. The molecule has 0 radical (unpaired) electrons. The highest BCUT2D eigenvalue weighted by Gasteiger charge is 2.17. The van der Waals surface area contributed by atoms with E-state index in [4.69, 9.17) is 16.0 Å². The quantitative estimate of drug-likeness (QED) is 0.530. The maximum absolute atomic E-state index is 11.5. The molecule has 0 unspecified atom stereocenters. The first kappa shape index (κ1) is 16.1. The molecule has 0 atom stereocenters. The van der Waals surface area contributed by atoms with E-state index in [9.17, 15) is 9.90 Å². The second-order valence-corrected chi connectivity index (χ2v) is 5.99. The van der Waals surface area contributed by atoms with E-state index >= 15 is 0 Å². The van der Waals surface area contributed by atoms with Crippen LogP contribution in [0.5, 0.6) is 0 Å². The van der Waals surface area contributed by atoms with Gasteiger partial charge in [-0.3, -0.25) is 4.98 Å². The van der Waals surface area contributed by atoms with Crippen molar-refractivity contribution in [1.29, 1.82) is 0 Å². The standard InChI is InChI=1S/C19H12ClN3O3/c20-11-5-6-15-13(7-11)18(14(8-22-15)17-9-21-10-26-17)23-16-4-2-1-3-12(16)19(24)25/h1-10H,(H,22,23)(H,24,25). The molecule has 2 heterocycles. The zero-order chi connectivity index (χ0) is 18.1. The van der Waals surface area contributed by atoms with Crippen LogP contribution in [0.1, 0.15) is 10.4 Å². The van der Waals surface area contributed by atoms with E-state index in [-0.39, 0.29) is 5.56 Å². The summed E-state index contributed by atoms with van der Waals surface area (Å²) in [7, 11) is 0. The van der Waals surface area contributed by atoms with Gasteiger partial charge in [-0.1, -0.05) is 23.7 Å². The van der Waals surface area contributed by atoms with Gasteiger partial charge in [-0.25, -0.2) is 9.78 Å². The van der Waals surface area contributed by atoms with Crippen molar-refractivity contribution in [3.05, 3.63) is 71.8 Å². The van der Waals surface area contributed by atoms with E-state index in [1.807, 2.05) is 0 Å². The third kappa shape index (κ3) is 2.87. The number of hydrogen-bond donors (Lipinski definition) is 2. The lowest BCUT2D eigenvalue weighted by atomic mass is 10.1. The van der Waals surface area contributed by atoms with Crippen molar-refractivity contribution in [3.63, 3.8) is 0 Å². The van der Waals surface area contributed by atoms with Crippen LogP contribution in [-0.4, -0.2) is 21.0 Å². The van der Waals surface area contributed by atoms with Gasteiger partial charge in [0.2, 0.25) is 0 Å². The number of halogens is 1. The lowest BCUT2D eigenvalue weighted by Crippen LogP contribution is -2.04. The first-order chi connectivity index (χ1) is 12.6. The number of anilines is 2. The second-order valence-electron chi connectivity index (χ2n) is 5.55. The molecule has 2 aromatic heterocycles. The summed E-state index contributed by atoms with van der Waals surface area (Å²) in [4.78, 5) is 19.9. The van der Waals surface area contributed by atoms with Crippen LogP contribution in [-0.2, 0) is 0 Å². The molecule has 128 valence electrons. The Labute approximate surface area is 153 Å². The van der Waals surface area contributed by atoms with Gasteiger partial charge in [0, 0.05) is 16.6 Å². The fourth-order valence-corrected chi connectivity index (χ4v) is 2.92. The summed E-state index contributed by atoms with van der Waals surface area (Å²) in [6.45, 7) is 0. The van der Waals surface area contributed by atoms with Crippen LogP contribution in [0.25, 0.3) is 22.2 Å². The number of carboxylic acid groups (broad SMARTS) is 1. The third-order valence-corrected chi connectivity index (χ3v) is 4.18. The first-order valence-corrected chi connectivity index (χ1v) is 8.08. The van der Waals surface area contributed by atoms with E-state index < -0.39 is 5.97 Å². The maximum atomic E-state index is 11.5. The summed E-state index contributed by atoms with van der Waals surface area (Å²) in [5.74, 6) is -0.514. The smallest absolute Gasteiger partial charge is 0.337 e. The van der Waals surface area contributed by atoms with Crippen LogP contribution >= 0.6 is 11.6 Å². The highest BCUT2D eigenvalue weighted by molar-refractivity contribution is 6.31. The van der Waals surface area contributed by atoms with Gasteiger partial charge in [0.15, 0.2) is 12.2 Å². The number of oxazole rings is 1. The number of nitrogens with one attached hydrogen (secondary N) is 1. The molecule has 2 aromatic carbocycles. The Morgan fingerprint density at radius 1 is 1.15 bits per heavy atom. The molecular weight excluding hydrogens is 354 g/mol. The molecule has 0 bridgehead atoms. The van der Waals surface area contributed by atoms with Crippen LogP contribution in [0.2, 0.25) is 5.02 Å². The number of benzene rings is 2. The maximum Gasteiger partial charge on any atom is 0.337 e. The molecule has 0 saturated heterocycles. The fourth-order valence-electron chi connectivity index (χ4n) is 2.75. The van der Waals surface area contributed by atoms with Gasteiger partial charge in [-0.05, 0) is 30.3 Å². The molecule has 0 fully saturated rings. The van der Waals surface area contributed by atoms with Gasteiger partial charge < -0.3 is 14.8 Å². The molecular formula is C19H12ClN3O3. The van der Waals surface area contributed by atoms with Crippen molar-refractivity contribution >= 4 is 39.8 Å². The zero-order valence-corrected chi connectivity index (χ0v) is 14.1. The zero-order valence-electron chi connectivity index (χ0n) is 13.3. The van der Waals surface area contributed by atoms with Gasteiger partial charge in [-0.2, -0.15) is 0 Å². The van der Waals surface area contributed by atoms with Gasteiger partial charge in [-0.15, -0.1) is 0 Å². The molecule has 4 rings (SSSR count). The number of fused-ring (bicyclic) bond motifs is 1. The van der Waals surface area contributed by atoms with Gasteiger partial charge in [0.25, 0.3) is 0 Å². The average Bonchev–Trinajstić information content (AvgIpc) is 3.17. The number of carboxylic acids is 1. The van der Waals surface area contributed by atoms with Crippen molar-refractivity contribution in [2.75, 3.05) is 5.32 Å². The van der Waals surface area contributed by atoms with Crippen LogP contribution in [0.4, 0.5) is 11.4 Å². The average molecular weight is 366 g/mol. The van der Waals surface area contributed by atoms with Crippen LogP contribution in [0.3, 0.4) is 0 Å². The molecule has 0 spiro atoms. The number of para-hydroxylation sites is 1. The number of carbonyl (C=O) groups is 1. The van der Waals surface area contributed by atoms with Gasteiger partial charge in [0.1, 0.15) is 0 Å². The van der Waals surface area contributed by atoms with Crippen molar-refractivity contribution in [2.24, 2.45) is 0 Å². The Bertz CT molecular complexity index is 1110. The number of rotatable bonds is 4. The van der Waals surface area contributed by atoms with Crippen LogP contribution < -0.4 is 5.32 Å². The number of hydrogen-bond acceptors (Lipinski definition) is 5. The predicted molar refractivity (Wildman–Crippen MR) is 98.9 cm³/mol. The fraction of sp³-hybridized carbons (Fsp3) is 0. The topological polar surface area (TPSA) is 88.2 Å². The number of aromatic carboxylic acids is 1. The Morgan fingerprint density at radius 2 is 2.00 bits per heavy atom. The first-order valence-electron chi connectivity index (χ1n) is 7.70. The SMILES string of the molecule is O=C(O)c1ccccc1Nc1c(-c2cnco2)cnc2ccc(Cl)cc12. The minimum absolute atomic E-state index is 0.156. The molecule has 26 heavy (non-hydrogen) atoms. The lowest BCUT2D eigenvalue weighted by molar-refractivity contribution is 0.0698. The van der Waals surface area contributed by atoms with E-state index in [0.29, 0.717) is 33.2 Å². The van der Waals surface area contributed by atoms with Gasteiger partial charge >= 0.3 is 5.97 Å². The summed E-state index contributed by atoms with van der Waals surface area (Å²) in [6.07, 6.45) is 4.55. The summed E-state index contributed by atoms with van der Waals surface area (Å²) in [6, 6.07) is 12.0. The Hall–Kier alpha value is -3.38. The van der Waals surface area contributed by atoms with Crippen LogP contribution in [0, 0.1) is 0 Å². The van der Waals surface area contributed by atoms with E-state index in [2.05, 4.69) is 15.3 Å². The van der Waals surface area contributed by atoms with Crippen molar-refractivity contribution in [1.82, 2.24) is 9.97 Å². The highest BCUT2D eigenvalue weighted by Crippen LogP contribution is 2.37. The molecule has 0 aliphatic heterocycles. The highest BCUT2D eigenvalue weighted by atomic mass is 35.5. The second kappa shape index (κ2) is 6.50. The van der Waals surface area contributed by atoms with E-state index in [1.54, 1.807) is 48.8 Å². The van der Waals surface area contributed by atoms with Crippen molar-refractivity contribution in [3.8, 4) is 11.3 Å². The van der Waals surface area contributed by atoms with Crippen LogP contribution in [0.15, 0.2) is 65.7 Å². The molecule has 0 aliphatic carbocycles. The predicted octanol–water partition coefficient (Wildman–Crippen LogP) is 4.99. The molecule has 6 nitrogen and oxygen atoms in total. The Kier molecular flexibility index (Phi) is 4.02. The van der Waals surface area contributed by atoms with Crippen molar-refractivity contribution < 1.29 is 14.3 Å². The Morgan fingerprint density at radius 3 is 2.77 bits per heavy atom. The normalized spacial score (nSPS) is 10.8. The summed E-state index contributed by atoms with van der Waals surface area (Å²) >= 11 is 6.17. The number of pyridine rings is 1. The molecule has 4 aromatic rings. The monoisotopic (exact) mass is 365 g/mol. The third-order valence-electron chi connectivity index (χ3n) is 3.94. The number of nitrogens with zero attached hydrogens (tertiary/aromatic N) is 2. The molecule has 2 N–H and O–H groups in total. The van der Waals surface area contributed by atoms with Crippen molar-refractivity contribution in [2.45, 2.75) is 0 Å². The summed E-state index contributed by atoms with van der Waals surface area (Å²) in [5.41, 5.74) is 2.62. The Balaban J connectivity index is 1.96. The van der Waals surface area contributed by atoms with E-state index in [1.165, 1.54) is 12.5 Å². The molecule has 7 heteroatoms. The van der Waals surface area contributed by atoms with Gasteiger partial charge in [0.05, 0.1) is 34.2 Å². The van der Waals surface area contributed by atoms with E-state index in [0.717, 1.165) is 5.39 Å². The molecule has 0 saturated carbocycles. The molecule has 0 aliphatic rings. The molecule has 0 amide bonds. The summed E-state index contributed by atoms with van der Waals surface area (Å²) < 4.78 is 5.41.